The van der Waals surface area contributed by atoms with Gasteiger partial charge in [-0.05, 0) is 23.1 Å². The molecule has 3 nitrogen and oxygen atoms in total. The number of nitrogens with zero attached hydrogens (tertiary/aromatic N) is 1. The molecule has 2 aliphatic carbocycles. The average Bonchev–Trinajstić information content (AvgIpc) is 2.57. The maximum absolute atomic E-state index is 12.2. The first-order chi connectivity index (χ1) is 11.2. The first-order valence-electron chi connectivity index (χ1n) is 7.91. The van der Waals surface area contributed by atoms with E-state index in [1.807, 2.05) is 24.3 Å². The summed E-state index contributed by atoms with van der Waals surface area (Å²) in [6, 6.07) is 8.04. The molecule has 1 aromatic rings. The molecule has 0 spiro atoms. The highest BCUT2D eigenvalue weighted by molar-refractivity contribution is 5.74. The van der Waals surface area contributed by atoms with Gasteiger partial charge in [0.2, 0.25) is 5.91 Å². The molecular formula is C20H21NO2. The number of hydrogen-bond acceptors (Lipinski definition) is 2. The van der Waals surface area contributed by atoms with Crippen LogP contribution in [0.4, 0.5) is 0 Å². The Balaban J connectivity index is 2.01. The molecule has 3 heteroatoms. The van der Waals surface area contributed by atoms with Gasteiger partial charge < -0.3 is 0 Å². The summed E-state index contributed by atoms with van der Waals surface area (Å²) in [5, 5.41) is 1.53. The van der Waals surface area contributed by atoms with Crippen LogP contribution in [0, 0.1) is 5.92 Å². The standard InChI is InChI=1S/C20H21NO2/c1-3-4-13-23-21(15(2)22)20-18-11-7-5-9-16(18)14-17-10-6-8-12-19(17)20/h3,5-12,14,18,20H,1,4,13H2,2H3. The second kappa shape index (κ2) is 6.80. The zero-order chi connectivity index (χ0) is 16.2. The van der Waals surface area contributed by atoms with Gasteiger partial charge in [-0.2, -0.15) is 0 Å². The summed E-state index contributed by atoms with van der Waals surface area (Å²) in [4.78, 5) is 18.1. The molecule has 23 heavy (non-hydrogen) atoms. The molecule has 2 aliphatic rings. The van der Waals surface area contributed by atoms with Crippen molar-refractivity contribution < 1.29 is 9.63 Å². The Hall–Kier alpha value is -2.39. The number of hydrogen-bond donors (Lipinski definition) is 0. The summed E-state index contributed by atoms with van der Waals surface area (Å²) in [6.07, 6.45) is 13.0. The Morgan fingerprint density at radius 3 is 2.96 bits per heavy atom. The first kappa shape index (κ1) is 15.5. The van der Waals surface area contributed by atoms with Gasteiger partial charge in [-0.25, -0.2) is 5.06 Å². The molecule has 0 saturated carbocycles. The van der Waals surface area contributed by atoms with E-state index in [-0.39, 0.29) is 17.9 Å². The molecule has 0 heterocycles. The molecule has 0 N–H and O–H groups in total. The molecule has 1 amide bonds. The lowest BCUT2D eigenvalue weighted by molar-refractivity contribution is -0.202. The second-order valence-electron chi connectivity index (χ2n) is 5.74. The van der Waals surface area contributed by atoms with Gasteiger partial charge in [-0.3, -0.25) is 9.63 Å². The van der Waals surface area contributed by atoms with Gasteiger partial charge >= 0.3 is 0 Å². The van der Waals surface area contributed by atoms with Crippen molar-refractivity contribution in [3.05, 3.63) is 77.9 Å². The van der Waals surface area contributed by atoms with Gasteiger partial charge in [0.25, 0.3) is 0 Å². The quantitative estimate of drug-likeness (QED) is 0.463. The minimum absolute atomic E-state index is 0.0851. The SMILES string of the molecule is C=CCCON(C(C)=O)C1c2ccccc2C=C2C=CC=CC21. The zero-order valence-electron chi connectivity index (χ0n) is 13.3. The van der Waals surface area contributed by atoms with Gasteiger partial charge in [0.15, 0.2) is 0 Å². The molecule has 2 atom stereocenters. The molecule has 1 aromatic carbocycles. The van der Waals surface area contributed by atoms with Gasteiger partial charge in [-0.1, -0.05) is 60.7 Å². The number of benzene rings is 1. The monoisotopic (exact) mass is 307 g/mol. The predicted octanol–water partition coefficient (Wildman–Crippen LogP) is 4.22. The van der Waals surface area contributed by atoms with Crippen LogP contribution in [0.5, 0.6) is 0 Å². The predicted molar refractivity (Wildman–Crippen MR) is 92.2 cm³/mol. The lowest BCUT2D eigenvalue weighted by Crippen LogP contribution is -2.39. The van der Waals surface area contributed by atoms with Gasteiger partial charge in [0.05, 0.1) is 12.6 Å². The van der Waals surface area contributed by atoms with Gasteiger partial charge in [0, 0.05) is 12.8 Å². The third-order valence-electron chi connectivity index (χ3n) is 4.20. The van der Waals surface area contributed by atoms with Crippen LogP contribution in [0.15, 0.2) is 66.8 Å². The highest BCUT2D eigenvalue weighted by Gasteiger charge is 2.36. The van der Waals surface area contributed by atoms with Crippen LogP contribution in [0.25, 0.3) is 6.08 Å². The second-order valence-corrected chi connectivity index (χ2v) is 5.74. The number of carbonyl (C=O) groups is 1. The lowest BCUT2D eigenvalue weighted by Gasteiger charge is -2.39. The highest BCUT2D eigenvalue weighted by Crippen LogP contribution is 2.43. The van der Waals surface area contributed by atoms with Crippen molar-refractivity contribution in [3.8, 4) is 0 Å². The Morgan fingerprint density at radius 2 is 2.17 bits per heavy atom. The summed E-state index contributed by atoms with van der Waals surface area (Å²) in [5.41, 5.74) is 3.46. The van der Waals surface area contributed by atoms with Crippen molar-refractivity contribution in [3.63, 3.8) is 0 Å². The number of hydroxylamine groups is 2. The molecule has 3 rings (SSSR count). The summed E-state index contributed by atoms with van der Waals surface area (Å²) in [7, 11) is 0. The third-order valence-corrected chi connectivity index (χ3v) is 4.20. The van der Waals surface area contributed by atoms with E-state index >= 15 is 0 Å². The van der Waals surface area contributed by atoms with E-state index in [0.29, 0.717) is 13.0 Å². The van der Waals surface area contributed by atoms with Crippen LogP contribution in [0.1, 0.15) is 30.5 Å². The minimum Gasteiger partial charge on any atom is -0.273 e. The largest absolute Gasteiger partial charge is 0.273 e. The van der Waals surface area contributed by atoms with Crippen molar-refractivity contribution in [1.29, 1.82) is 0 Å². The van der Waals surface area contributed by atoms with E-state index in [0.717, 1.165) is 11.1 Å². The smallest absolute Gasteiger partial charge is 0.243 e. The van der Waals surface area contributed by atoms with Crippen molar-refractivity contribution in [2.45, 2.75) is 19.4 Å². The van der Waals surface area contributed by atoms with Crippen LogP contribution in [0.2, 0.25) is 0 Å². The fraction of sp³-hybridized carbons (Fsp3) is 0.250. The normalized spacial score (nSPS) is 21.2. The molecule has 0 saturated heterocycles. The van der Waals surface area contributed by atoms with E-state index in [2.05, 4.69) is 36.9 Å². The maximum Gasteiger partial charge on any atom is 0.243 e. The van der Waals surface area contributed by atoms with Crippen LogP contribution >= 0.6 is 0 Å². The topological polar surface area (TPSA) is 29.5 Å². The fourth-order valence-corrected chi connectivity index (χ4v) is 3.16. The van der Waals surface area contributed by atoms with E-state index < -0.39 is 0 Å². The number of rotatable bonds is 5. The molecule has 0 aromatic heterocycles. The van der Waals surface area contributed by atoms with E-state index in [1.165, 1.54) is 10.6 Å². The Labute approximate surface area is 137 Å². The molecule has 0 aliphatic heterocycles. The van der Waals surface area contributed by atoms with Crippen molar-refractivity contribution >= 4 is 12.0 Å². The maximum atomic E-state index is 12.2. The number of carbonyl (C=O) groups excluding carboxylic acids is 1. The van der Waals surface area contributed by atoms with Crippen LogP contribution in [-0.4, -0.2) is 17.6 Å². The summed E-state index contributed by atoms with van der Waals surface area (Å²) >= 11 is 0. The fourth-order valence-electron chi connectivity index (χ4n) is 3.16. The van der Waals surface area contributed by atoms with Crippen molar-refractivity contribution in [2.75, 3.05) is 6.61 Å². The van der Waals surface area contributed by atoms with E-state index in [4.69, 9.17) is 4.84 Å². The Bertz CT molecular complexity index is 699. The molecular weight excluding hydrogens is 286 g/mol. The van der Waals surface area contributed by atoms with Crippen LogP contribution in [0.3, 0.4) is 0 Å². The molecule has 0 radical (unpaired) electrons. The average molecular weight is 307 g/mol. The summed E-state index contributed by atoms with van der Waals surface area (Å²) in [6.45, 7) is 5.71. The Morgan fingerprint density at radius 1 is 1.35 bits per heavy atom. The van der Waals surface area contributed by atoms with Crippen molar-refractivity contribution in [1.82, 2.24) is 5.06 Å². The highest BCUT2D eigenvalue weighted by atomic mass is 16.7. The number of amides is 1. The molecule has 0 fully saturated rings. The van der Waals surface area contributed by atoms with E-state index in [1.54, 1.807) is 13.0 Å². The third kappa shape index (κ3) is 3.06. The van der Waals surface area contributed by atoms with Crippen LogP contribution in [-0.2, 0) is 9.63 Å². The number of fused-ring (bicyclic) bond motifs is 2. The van der Waals surface area contributed by atoms with Gasteiger partial charge in [-0.15, -0.1) is 6.58 Å². The van der Waals surface area contributed by atoms with Crippen molar-refractivity contribution in [2.24, 2.45) is 5.92 Å². The molecule has 0 bridgehead atoms. The molecule has 118 valence electrons. The molecule has 2 unspecified atom stereocenters. The van der Waals surface area contributed by atoms with E-state index in [9.17, 15) is 4.79 Å². The summed E-state index contributed by atoms with van der Waals surface area (Å²) in [5.74, 6) is 0.0283. The first-order valence-corrected chi connectivity index (χ1v) is 7.91. The number of allylic oxidation sites excluding steroid dienone is 3. The lowest BCUT2D eigenvalue weighted by atomic mass is 9.77. The zero-order valence-corrected chi connectivity index (χ0v) is 13.3. The van der Waals surface area contributed by atoms with Crippen LogP contribution < -0.4 is 0 Å². The minimum atomic E-state index is -0.144. The summed E-state index contributed by atoms with van der Waals surface area (Å²) < 4.78 is 0. The van der Waals surface area contributed by atoms with Gasteiger partial charge in [0.1, 0.15) is 0 Å². The Kier molecular flexibility index (Phi) is 4.58.